The molecule has 2 fully saturated rings. The summed E-state index contributed by atoms with van der Waals surface area (Å²) in [6.07, 6.45) is 1.67. The predicted molar refractivity (Wildman–Crippen MR) is 76.7 cm³/mol. The average molecular weight is 318 g/mol. The summed E-state index contributed by atoms with van der Waals surface area (Å²) >= 11 is 0. The third-order valence-electron chi connectivity index (χ3n) is 4.41. The summed E-state index contributed by atoms with van der Waals surface area (Å²) in [5, 5.41) is 7.56. The molecule has 4 rings (SSSR count). The average Bonchev–Trinajstić information content (AvgIpc) is 3.23. The molecule has 0 aliphatic carbocycles. The van der Waals surface area contributed by atoms with Crippen LogP contribution in [0.3, 0.4) is 0 Å². The maximum atomic E-state index is 12.4. The number of hydrogen-bond acceptors (Lipinski definition) is 7. The number of ether oxygens (including phenoxy) is 1. The topological polar surface area (TPSA) is 94.5 Å². The van der Waals surface area contributed by atoms with Gasteiger partial charge in [0.1, 0.15) is 0 Å². The Kier molecular flexibility index (Phi) is 3.41. The van der Waals surface area contributed by atoms with Gasteiger partial charge in [-0.15, -0.1) is 0 Å². The van der Waals surface area contributed by atoms with Crippen LogP contribution in [0.2, 0.25) is 0 Å². The van der Waals surface area contributed by atoms with Crippen LogP contribution in [-0.4, -0.2) is 51.4 Å². The SMILES string of the molecule is Cc1cc(C(=O)N2C[C@H]3C[C@@H](Cc4nc(C)no4)O[C@H]3C2)on1. The molecule has 1 amide bonds. The highest BCUT2D eigenvalue weighted by atomic mass is 16.5. The smallest absolute Gasteiger partial charge is 0.292 e. The molecular weight excluding hydrogens is 300 g/mol. The quantitative estimate of drug-likeness (QED) is 0.837. The first-order chi connectivity index (χ1) is 11.1. The van der Waals surface area contributed by atoms with E-state index in [1.54, 1.807) is 24.8 Å². The van der Waals surface area contributed by atoms with E-state index < -0.39 is 0 Å². The predicted octanol–water partition coefficient (Wildman–Crippen LogP) is 1.15. The molecule has 8 nitrogen and oxygen atoms in total. The Bertz CT molecular complexity index is 711. The normalized spacial score (nSPS) is 26.7. The molecule has 0 spiro atoms. The highest BCUT2D eigenvalue weighted by molar-refractivity contribution is 5.91. The third-order valence-corrected chi connectivity index (χ3v) is 4.41. The summed E-state index contributed by atoms with van der Waals surface area (Å²) in [5.74, 6) is 1.76. The van der Waals surface area contributed by atoms with Crippen molar-refractivity contribution in [3.05, 3.63) is 29.2 Å². The molecule has 2 saturated heterocycles. The highest BCUT2D eigenvalue weighted by Gasteiger charge is 2.44. The maximum absolute atomic E-state index is 12.4. The van der Waals surface area contributed by atoms with Gasteiger partial charge in [-0.2, -0.15) is 4.98 Å². The number of aryl methyl sites for hydroxylation is 2. The van der Waals surface area contributed by atoms with Crippen molar-refractivity contribution in [1.29, 1.82) is 0 Å². The lowest BCUT2D eigenvalue weighted by atomic mass is 10.0. The summed E-state index contributed by atoms with van der Waals surface area (Å²) < 4.78 is 16.2. The summed E-state index contributed by atoms with van der Waals surface area (Å²) in [5.41, 5.74) is 0.707. The number of aromatic nitrogens is 3. The molecule has 8 heteroatoms. The van der Waals surface area contributed by atoms with Crippen molar-refractivity contribution < 1.29 is 18.6 Å². The molecule has 4 heterocycles. The number of likely N-dealkylation sites (tertiary alicyclic amines) is 1. The molecule has 0 radical (unpaired) electrons. The zero-order valence-corrected chi connectivity index (χ0v) is 13.1. The zero-order chi connectivity index (χ0) is 16.0. The van der Waals surface area contributed by atoms with Crippen LogP contribution in [0.5, 0.6) is 0 Å². The summed E-state index contributed by atoms with van der Waals surface area (Å²) in [6.45, 7) is 4.86. The van der Waals surface area contributed by atoms with Gasteiger partial charge < -0.3 is 18.7 Å². The van der Waals surface area contributed by atoms with Crippen LogP contribution in [0.15, 0.2) is 15.1 Å². The Morgan fingerprint density at radius 1 is 1.30 bits per heavy atom. The van der Waals surface area contributed by atoms with Crippen molar-refractivity contribution in [2.75, 3.05) is 13.1 Å². The molecule has 0 bridgehead atoms. The van der Waals surface area contributed by atoms with Gasteiger partial charge >= 0.3 is 0 Å². The second-order valence-corrected chi connectivity index (χ2v) is 6.27. The van der Waals surface area contributed by atoms with Gasteiger partial charge in [-0.1, -0.05) is 10.3 Å². The van der Waals surface area contributed by atoms with Crippen LogP contribution in [-0.2, 0) is 11.2 Å². The number of amides is 1. The maximum Gasteiger partial charge on any atom is 0.292 e. The van der Waals surface area contributed by atoms with Crippen LogP contribution >= 0.6 is 0 Å². The number of nitrogens with zero attached hydrogens (tertiary/aromatic N) is 4. The zero-order valence-electron chi connectivity index (χ0n) is 13.1. The molecule has 23 heavy (non-hydrogen) atoms. The lowest BCUT2D eigenvalue weighted by Gasteiger charge is -2.17. The molecule has 0 aromatic carbocycles. The van der Waals surface area contributed by atoms with Gasteiger partial charge in [0.05, 0.1) is 24.3 Å². The monoisotopic (exact) mass is 318 g/mol. The number of rotatable bonds is 3. The van der Waals surface area contributed by atoms with Gasteiger partial charge in [0, 0.05) is 25.1 Å². The van der Waals surface area contributed by atoms with E-state index in [2.05, 4.69) is 15.3 Å². The molecule has 122 valence electrons. The molecule has 2 aromatic heterocycles. The van der Waals surface area contributed by atoms with E-state index in [9.17, 15) is 4.79 Å². The number of hydrogen-bond donors (Lipinski definition) is 0. The molecule has 2 aliphatic rings. The van der Waals surface area contributed by atoms with Crippen molar-refractivity contribution in [2.24, 2.45) is 5.92 Å². The van der Waals surface area contributed by atoms with E-state index in [4.69, 9.17) is 13.8 Å². The Morgan fingerprint density at radius 3 is 2.83 bits per heavy atom. The van der Waals surface area contributed by atoms with Gasteiger partial charge in [0.15, 0.2) is 5.82 Å². The number of fused-ring (bicyclic) bond motifs is 1. The molecule has 0 N–H and O–H groups in total. The second-order valence-electron chi connectivity index (χ2n) is 6.27. The van der Waals surface area contributed by atoms with E-state index in [-0.39, 0.29) is 18.1 Å². The van der Waals surface area contributed by atoms with Crippen LogP contribution in [0.1, 0.15) is 34.4 Å². The lowest BCUT2D eigenvalue weighted by Crippen LogP contribution is -2.31. The molecule has 0 unspecified atom stereocenters. The van der Waals surface area contributed by atoms with Gasteiger partial charge in [-0.3, -0.25) is 4.79 Å². The van der Waals surface area contributed by atoms with Crippen molar-refractivity contribution in [2.45, 2.75) is 38.9 Å². The van der Waals surface area contributed by atoms with E-state index in [1.807, 2.05) is 0 Å². The largest absolute Gasteiger partial charge is 0.372 e. The minimum Gasteiger partial charge on any atom is -0.372 e. The van der Waals surface area contributed by atoms with Crippen molar-refractivity contribution >= 4 is 5.91 Å². The van der Waals surface area contributed by atoms with E-state index in [0.29, 0.717) is 48.6 Å². The van der Waals surface area contributed by atoms with E-state index >= 15 is 0 Å². The molecular formula is C15H18N4O4. The fraction of sp³-hybridized carbons (Fsp3) is 0.600. The van der Waals surface area contributed by atoms with Crippen LogP contribution < -0.4 is 0 Å². The number of carbonyl (C=O) groups is 1. The summed E-state index contributed by atoms with van der Waals surface area (Å²) in [6, 6.07) is 1.66. The first kappa shape index (κ1) is 14.4. The minimum atomic E-state index is -0.118. The molecule has 2 aromatic rings. The van der Waals surface area contributed by atoms with Crippen LogP contribution in [0, 0.1) is 19.8 Å². The van der Waals surface area contributed by atoms with E-state index in [0.717, 1.165) is 6.42 Å². The van der Waals surface area contributed by atoms with Crippen LogP contribution in [0.4, 0.5) is 0 Å². The molecule has 0 saturated carbocycles. The van der Waals surface area contributed by atoms with Gasteiger partial charge in [0.25, 0.3) is 5.91 Å². The van der Waals surface area contributed by atoms with E-state index in [1.165, 1.54) is 0 Å². The molecule has 2 aliphatic heterocycles. The van der Waals surface area contributed by atoms with Gasteiger partial charge in [0.2, 0.25) is 11.7 Å². The van der Waals surface area contributed by atoms with Crippen molar-refractivity contribution in [3.63, 3.8) is 0 Å². The van der Waals surface area contributed by atoms with Crippen LogP contribution in [0.25, 0.3) is 0 Å². The Balaban J connectivity index is 1.35. The highest BCUT2D eigenvalue weighted by Crippen LogP contribution is 2.34. The summed E-state index contributed by atoms with van der Waals surface area (Å²) in [7, 11) is 0. The Labute approximate surface area is 132 Å². The second kappa shape index (κ2) is 5.45. The Hall–Kier alpha value is -2.22. The first-order valence-electron chi connectivity index (χ1n) is 7.75. The van der Waals surface area contributed by atoms with Crippen molar-refractivity contribution in [3.8, 4) is 0 Å². The van der Waals surface area contributed by atoms with Crippen molar-refractivity contribution in [1.82, 2.24) is 20.2 Å². The van der Waals surface area contributed by atoms with Gasteiger partial charge in [-0.05, 0) is 20.3 Å². The molecule has 3 atom stereocenters. The fourth-order valence-corrected chi connectivity index (χ4v) is 3.40. The minimum absolute atomic E-state index is 0.0667. The number of carbonyl (C=O) groups excluding carboxylic acids is 1. The Morgan fingerprint density at radius 2 is 2.17 bits per heavy atom. The standard InChI is InChI=1S/C15H18N4O4/c1-8-3-12(22-17-8)15(20)19-6-10-4-11(21-13(10)7-19)5-14-16-9(2)18-23-14/h3,10-11,13H,4-7H2,1-2H3/t10-,11+,13+/m1/s1. The summed E-state index contributed by atoms with van der Waals surface area (Å²) in [4.78, 5) is 18.4. The fourth-order valence-electron chi connectivity index (χ4n) is 3.40. The third kappa shape index (κ3) is 2.74. The lowest BCUT2D eigenvalue weighted by molar-refractivity contribution is 0.0322. The first-order valence-corrected chi connectivity index (χ1v) is 7.75. The van der Waals surface area contributed by atoms with Gasteiger partial charge in [-0.25, -0.2) is 0 Å².